The topological polar surface area (TPSA) is 50.1 Å². The van der Waals surface area contributed by atoms with E-state index in [9.17, 15) is 0 Å². The minimum absolute atomic E-state index is 0.0748. The molecular formula is C11H16ClN3. The van der Waals surface area contributed by atoms with Gasteiger partial charge in [-0.05, 0) is 11.5 Å². The molecule has 0 aromatic carbocycles. The maximum absolute atomic E-state index is 6.30. The van der Waals surface area contributed by atoms with E-state index in [1.54, 1.807) is 0 Å². The lowest BCUT2D eigenvalue weighted by Crippen LogP contribution is -2.46. The summed E-state index contributed by atoms with van der Waals surface area (Å²) in [4.78, 5) is 0. The maximum atomic E-state index is 6.30. The lowest BCUT2D eigenvalue weighted by molar-refractivity contribution is 0.359. The molecule has 3 nitrogen and oxygen atoms in total. The molecule has 4 N–H and O–H groups in total. The smallest absolute Gasteiger partial charge is 0.100 e. The molecule has 82 valence electrons. The van der Waals surface area contributed by atoms with E-state index in [2.05, 4.69) is 29.7 Å². The Morgan fingerprint density at radius 3 is 3.07 bits per heavy atom. The monoisotopic (exact) mass is 225 g/mol. The standard InChI is InChI=1S/C11H16ClN3/c1-5-2-3-6(12)10-8(5)9-7(13)4-14-11(9)15-10/h2-3,5-8,10,14-15H,4,13H2,1H3. The summed E-state index contributed by atoms with van der Waals surface area (Å²) in [5.41, 5.74) is 7.46. The largest absolute Gasteiger partial charge is 0.370 e. The fraction of sp³-hybridized carbons (Fsp3) is 0.636. The molecule has 0 saturated carbocycles. The van der Waals surface area contributed by atoms with Crippen LogP contribution in [0, 0.1) is 11.8 Å². The van der Waals surface area contributed by atoms with Gasteiger partial charge in [-0.2, -0.15) is 0 Å². The minimum atomic E-state index is 0.0748. The highest BCUT2D eigenvalue weighted by Gasteiger charge is 2.46. The average molecular weight is 226 g/mol. The molecule has 15 heavy (non-hydrogen) atoms. The number of hydrogen-bond donors (Lipinski definition) is 3. The zero-order valence-corrected chi connectivity index (χ0v) is 9.46. The van der Waals surface area contributed by atoms with Gasteiger partial charge in [0, 0.05) is 18.5 Å². The molecule has 4 heteroatoms. The van der Waals surface area contributed by atoms with E-state index in [0.29, 0.717) is 17.9 Å². The normalized spacial score (nSPS) is 47.3. The molecule has 0 amide bonds. The van der Waals surface area contributed by atoms with Crippen LogP contribution in [0.2, 0.25) is 0 Å². The summed E-state index contributed by atoms with van der Waals surface area (Å²) < 4.78 is 0. The average Bonchev–Trinajstić information content (AvgIpc) is 2.74. The van der Waals surface area contributed by atoms with Gasteiger partial charge in [0.25, 0.3) is 0 Å². The van der Waals surface area contributed by atoms with Crippen molar-refractivity contribution in [1.82, 2.24) is 10.6 Å². The van der Waals surface area contributed by atoms with Crippen molar-refractivity contribution in [2.24, 2.45) is 17.6 Å². The first-order valence-electron chi connectivity index (χ1n) is 5.51. The molecule has 0 spiro atoms. The molecule has 0 aromatic heterocycles. The molecule has 0 saturated heterocycles. The highest BCUT2D eigenvalue weighted by Crippen LogP contribution is 2.41. The molecule has 1 aliphatic carbocycles. The van der Waals surface area contributed by atoms with Crippen LogP contribution in [0.1, 0.15) is 6.92 Å². The van der Waals surface area contributed by atoms with Crippen LogP contribution >= 0.6 is 11.6 Å². The van der Waals surface area contributed by atoms with Crippen LogP contribution in [-0.2, 0) is 0 Å². The molecule has 0 bridgehead atoms. The van der Waals surface area contributed by atoms with E-state index >= 15 is 0 Å². The van der Waals surface area contributed by atoms with Crippen LogP contribution in [0.15, 0.2) is 23.5 Å². The second-order valence-corrected chi connectivity index (χ2v) is 5.21. The van der Waals surface area contributed by atoms with Crippen molar-refractivity contribution in [2.75, 3.05) is 6.54 Å². The Morgan fingerprint density at radius 2 is 2.27 bits per heavy atom. The molecule has 5 unspecified atom stereocenters. The number of nitrogens with two attached hydrogens (primary N) is 1. The van der Waals surface area contributed by atoms with Crippen LogP contribution in [0.3, 0.4) is 0 Å². The van der Waals surface area contributed by atoms with Crippen molar-refractivity contribution in [3.63, 3.8) is 0 Å². The molecule has 0 radical (unpaired) electrons. The molecule has 3 rings (SSSR count). The number of nitrogens with one attached hydrogen (secondary N) is 2. The summed E-state index contributed by atoms with van der Waals surface area (Å²) in [5.74, 6) is 2.13. The zero-order valence-electron chi connectivity index (χ0n) is 8.70. The first-order valence-corrected chi connectivity index (χ1v) is 5.94. The molecule has 2 aliphatic heterocycles. The fourth-order valence-electron chi connectivity index (χ4n) is 3.02. The predicted octanol–water partition coefficient (Wildman–Crippen LogP) is 0.530. The van der Waals surface area contributed by atoms with Crippen molar-refractivity contribution in [3.05, 3.63) is 23.5 Å². The van der Waals surface area contributed by atoms with Crippen LogP contribution in [0.5, 0.6) is 0 Å². The fourth-order valence-corrected chi connectivity index (χ4v) is 3.32. The van der Waals surface area contributed by atoms with E-state index in [-0.39, 0.29) is 11.4 Å². The Hall–Kier alpha value is -0.670. The molecule has 5 atom stereocenters. The summed E-state index contributed by atoms with van der Waals surface area (Å²) in [6.45, 7) is 3.09. The van der Waals surface area contributed by atoms with E-state index in [0.717, 1.165) is 12.4 Å². The van der Waals surface area contributed by atoms with Crippen molar-refractivity contribution in [3.8, 4) is 0 Å². The Morgan fingerprint density at radius 1 is 1.47 bits per heavy atom. The van der Waals surface area contributed by atoms with Gasteiger partial charge in [-0.25, -0.2) is 0 Å². The summed E-state index contributed by atoms with van der Waals surface area (Å²) in [7, 11) is 0. The Balaban J connectivity index is 1.98. The third-order valence-corrected chi connectivity index (χ3v) is 4.17. The van der Waals surface area contributed by atoms with Gasteiger partial charge in [0.15, 0.2) is 0 Å². The lowest BCUT2D eigenvalue weighted by Gasteiger charge is -2.34. The minimum Gasteiger partial charge on any atom is -0.370 e. The van der Waals surface area contributed by atoms with Gasteiger partial charge < -0.3 is 16.4 Å². The van der Waals surface area contributed by atoms with E-state index in [1.807, 2.05) is 0 Å². The van der Waals surface area contributed by atoms with Crippen LogP contribution in [0.4, 0.5) is 0 Å². The van der Waals surface area contributed by atoms with Gasteiger partial charge in [-0.15, -0.1) is 11.6 Å². The molecule has 3 aliphatic rings. The quantitative estimate of drug-likeness (QED) is 0.417. The van der Waals surface area contributed by atoms with Crippen LogP contribution in [0.25, 0.3) is 0 Å². The van der Waals surface area contributed by atoms with Crippen LogP contribution < -0.4 is 16.4 Å². The zero-order chi connectivity index (χ0) is 10.6. The van der Waals surface area contributed by atoms with Gasteiger partial charge >= 0.3 is 0 Å². The van der Waals surface area contributed by atoms with E-state index in [1.165, 1.54) is 5.57 Å². The molecular weight excluding hydrogens is 210 g/mol. The Kier molecular flexibility index (Phi) is 2.01. The third-order valence-electron chi connectivity index (χ3n) is 3.75. The number of allylic oxidation sites excluding steroid dienone is 1. The number of fused-ring (bicyclic) bond motifs is 2. The summed E-state index contributed by atoms with van der Waals surface area (Å²) in [6.07, 6.45) is 4.30. The van der Waals surface area contributed by atoms with Gasteiger partial charge in [0.2, 0.25) is 0 Å². The summed E-state index contributed by atoms with van der Waals surface area (Å²) in [5, 5.41) is 6.87. The summed E-state index contributed by atoms with van der Waals surface area (Å²) >= 11 is 6.30. The first-order chi connectivity index (χ1) is 7.18. The van der Waals surface area contributed by atoms with Crippen molar-refractivity contribution in [1.29, 1.82) is 0 Å². The number of halogens is 1. The van der Waals surface area contributed by atoms with Gasteiger partial charge in [-0.3, -0.25) is 0 Å². The van der Waals surface area contributed by atoms with E-state index in [4.69, 9.17) is 17.3 Å². The van der Waals surface area contributed by atoms with Crippen LogP contribution in [-0.4, -0.2) is 24.0 Å². The summed E-state index contributed by atoms with van der Waals surface area (Å²) in [6, 6.07) is 0.468. The molecule has 0 fully saturated rings. The second-order valence-electron chi connectivity index (χ2n) is 4.70. The van der Waals surface area contributed by atoms with Crippen molar-refractivity contribution >= 4 is 11.6 Å². The van der Waals surface area contributed by atoms with Gasteiger partial charge in [0.05, 0.1) is 11.4 Å². The predicted molar refractivity (Wildman–Crippen MR) is 61.4 cm³/mol. The number of rotatable bonds is 0. The van der Waals surface area contributed by atoms with Crippen molar-refractivity contribution < 1.29 is 0 Å². The number of alkyl halides is 1. The number of hydrogen-bond acceptors (Lipinski definition) is 3. The third kappa shape index (κ3) is 1.23. The molecule has 0 aromatic rings. The highest BCUT2D eigenvalue weighted by molar-refractivity contribution is 6.22. The Bertz CT molecular complexity index is 350. The Labute approximate surface area is 94.7 Å². The van der Waals surface area contributed by atoms with E-state index < -0.39 is 0 Å². The highest BCUT2D eigenvalue weighted by atomic mass is 35.5. The van der Waals surface area contributed by atoms with Crippen molar-refractivity contribution in [2.45, 2.75) is 24.4 Å². The lowest BCUT2D eigenvalue weighted by atomic mass is 9.77. The maximum Gasteiger partial charge on any atom is 0.100 e. The SMILES string of the molecule is CC1C=CC(Cl)C2NC3=C(C(N)CN3)C12. The molecule has 2 heterocycles. The first kappa shape index (κ1) is 9.55. The second kappa shape index (κ2) is 3.16. The van der Waals surface area contributed by atoms with Gasteiger partial charge in [-0.1, -0.05) is 19.1 Å². The van der Waals surface area contributed by atoms with Gasteiger partial charge in [0.1, 0.15) is 5.82 Å².